The Bertz CT molecular complexity index is 317. The first-order valence-corrected chi connectivity index (χ1v) is 6.27. The van der Waals surface area contributed by atoms with E-state index in [4.69, 9.17) is 5.73 Å². The first-order chi connectivity index (χ1) is 8.38. The molecule has 3 amide bonds. The summed E-state index contributed by atoms with van der Waals surface area (Å²) in [6.45, 7) is 2.83. The lowest BCUT2D eigenvalue weighted by molar-refractivity contribution is -0.122. The summed E-state index contributed by atoms with van der Waals surface area (Å²) in [6.07, 6.45) is 0.414. The van der Waals surface area contributed by atoms with Crippen LogP contribution in [0.5, 0.6) is 0 Å². The monoisotopic (exact) mass is 275 g/mol. The van der Waals surface area contributed by atoms with Crippen LogP contribution in [0.3, 0.4) is 0 Å². The normalized spacial score (nSPS) is 13.2. The second kappa shape index (κ2) is 8.51. The number of rotatable bonds is 9. The summed E-state index contributed by atoms with van der Waals surface area (Å²) < 4.78 is 0. The van der Waals surface area contributed by atoms with Gasteiger partial charge in [-0.2, -0.15) is 0 Å². The second-order valence-electron chi connectivity index (χ2n) is 3.63. The van der Waals surface area contributed by atoms with Crippen molar-refractivity contribution in [2.45, 2.75) is 25.1 Å². The SMILES string of the molecule is CC(=O)NCC(SCC(N)=O)C(NC=O)C(C)=O. The molecule has 0 bridgehead atoms. The van der Waals surface area contributed by atoms with Gasteiger partial charge in [0, 0.05) is 18.7 Å². The number of nitrogens with two attached hydrogens (primary N) is 1. The number of primary amides is 1. The summed E-state index contributed by atoms with van der Waals surface area (Å²) >= 11 is 1.12. The molecule has 0 radical (unpaired) electrons. The van der Waals surface area contributed by atoms with Gasteiger partial charge >= 0.3 is 0 Å². The van der Waals surface area contributed by atoms with Gasteiger partial charge < -0.3 is 16.4 Å². The highest BCUT2D eigenvalue weighted by Crippen LogP contribution is 2.14. The van der Waals surface area contributed by atoms with Gasteiger partial charge in [0.05, 0.1) is 5.75 Å². The van der Waals surface area contributed by atoms with E-state index in [0.29, 0.717) is 6.41 Å². The first-order valence-electron chi connectivity index (χ1n) is 5.23. The molecule has 0 spiro atoms. The Morgan fingerprint density at radius 3 is 2.33 bits per heavy atom. The summed E-state index contributed by atoms with van der Waals surface area (Å²) in [5.74, 6) is -1.03. The Morgan fingerprint density at radius 1 is 1.33 bits per heavy atom. The molecule has 0 rings (SSSR count). The van der Waals surface area contributed by atoms with Crippen LogP contribution in [0.1, 0.15) is 13.8 Å². The Balaban J connectivity index is 4.66. The van der Waals surface area contributed by atoms with Crippen molar-refractivity contribution in [1.82, 2.24) is 10.6 Å². The van der Waals surface area contributed by atoms with E-state index in [2.05, 4.69) is 10.6 Å². The quantitative estimate of drug-likeness (QED) is 0.439. The zero-order valence-electron chi connectivity index (χ0n) is 10.3. The van der Waals surface area contributed by atoms with Crippen LogP contribution in [0.4, 0.5) is 0 Å². The van der Waals surface area contributed by atoms with Crippen molar-refractivity contribution < 1.29 is 19.2 Å². The van der Waals surface area contributed by atoms with Gasteiger partial charge in [0.25, 0.3) is 0 Å². The largest absolute Gasteiger partial charge is 0.369 e. The highest BCUT2D eigenvalue weighted by molar-refractivity contribution is 8.00. The van der Waals surface area contributed by atoms with Crippen molar-refractivity contribution in [3.05, 3.63) is 0 Å². The smallest absolute Gasteiger partial charge is 0.227 e. The Kier molecular flexibility index (Phi) is 7.77. The molecule has 2 unspecified atom stereocenters. The summed E-state index contributed by atoms with van der Waals surface area (Å²) in [5, 5.41) is 4.48. The molecule has 0 aromatic rings. The second-order valence-corrected chi connectivity index (χ2v) is 4.85. The van der Waals surface area contributed by atoms with Gasteiger partial charge in [0.15, 0.2) is 5.78 Å². The van der Waals surface area contributed by atoms with E-state index >= 15 is 0 Å². The lowest BCUT2D eigenvalue weighted by Crippen LogP contribution is -2.48. The van der Waals surface area contributed by atoms with E-state index in [1.807, 2.05) is 0 Å². The van der Waals surface area contributed by atoms with E-state index in [1.165, 1.54) is 13.8 Å². The summed E-state index contributed by atoms with van der Waals surface area (Å²) in [7, 11) is 0. The fourth-order valence-electron chi connectivity index (χ4n) is 1.27. The van der Waals surface area contributed by atoms with Crippen LogP contribution in [-0.4, -0.2) is 47.6 Å². The van der Waals surface area contributed by atoms with Crippen LogP contribution >= 0.6 is 11.8 Å². The minimum Gasteiger partial charge on any atom is -0.369 e. The summed E-state index contributed by atoms with van der Waals surface area (Å²) in [5.41, 5.74) is 5.02. The molecule has 0 saturated heterocycles. The maximum atomic E-state index is 11.4. The molecule has 0 aromatic carbocycles. The van der Waals surface area contributed by atoms with E-state index in [0.717, 1.165) is 11.8 Å². The molecular formula is C10H17N3O4S. The molecule has 2 atom stereocenters. The van der Waals surface area contributed by atoms with E-state index in [-0.39, 0.29) is 24.0 Å². The average molecular weight is 275 g/mol. The van der Waals surface area contributed by atoms with Crippen molar-refractivity contribution >= 4 is 35.8 Å². The van der Waals surface area contributed by atoms with E-state index in [1.54, 1.807) is 0 Å². The number of carbonyl (C=O) groups is 4. The lowest BCUT2D eigenvalue weighted by atomic mass is 10.1. The van der Waals surface area contributed by atoms with Crippen molar-refractivity contribution in [1.29, 1.82) is 0 Å². The number of Topliss-reactive ketones (excluding diaryl/α,β-unsaturated/α-hetero) is 1. The minimum absolute atomic E-state index is 0.00850. The van der Waals surface area contributed by atoms with E-state index < -0.39 is 17.2 Å². The summed E-state index contributed by atoms with van der Waals surface area (Å²) in [6, 6.07) is -0.765. The van der Waals surface area contributed by atoms with Gasteiger partial charge in [-0.1, -0.05) is 0 Å². The van der Waals surface area contributed by atoms with Gasteiger partial charge in [0.1, 0.15) is 6.04 Å². The predicted octanol–water partition coefficient (Wildman–Crippen LogP) is -1.59. The fraction of sp³-hybridized carbons (Fsp3) is 0.600. The number of amides is 3. The lowest BCUT2D eigenvalue weighted by Gasteiger charge is -2.23. The van der Waals surface area contributed by atoms with Crippen LogP contribution in [0, 0.1) is 0 Å². The molecule has 0 fully saturated rings. The molecule has 4 N–H and O–H groups in total. The molecule has 0 aliphatic carbocycles. The zero-order chi connectivity index (χ0) is 14.1. The maximum Gasteiger partial charge on any atom is 0.227 e. The van der Waals surface area contributed by atoms with Crippen molar-refractivity contribution in [2.24, 2.45) is 5.73 Å². The third-order valence-corrected chi connectivity index (χ3v) is 3.37. The zero-order valence-corrected chi connectivity index (χ0v) is 11.1. The average Bonchev–Trinajstić information content (AvgIpc) is 2.26. The molecule has 7 nitrogen and oxygen atoms in total. The predicted molar refractivity (Wildman–Crippen MR) is 67.8 cm³/mol. The van der Waals surface area contributed by atoms with Crippen molar-refractivity contribution in [3.8, 4) is 0 Å². The minimum atomic E-state index is -0.765. The molecule has 0 aromatic heterocycles. The molecule has 0 aliphatic heterocycles. The third-order valence-electron chi connectivity index (χ3n) is 2.05. The van der Waals surface area contributed by atoms with Gasteiger partial charge in [-0.15, -0.1) is 11.8 Å². The number of carbonyl (C=O) groups excluding carboxylic acids is 4. The first kappa shape index (κ1) is 16.4. The highest BCUT2D eigenvalue weighted by atomic mass is 32.2. The van der Waals surface area contributed by atoms with Gasteiger partial charge in [-0.25, -0.2) is 0 Å². The number of hydrogen-bond donors (Lipinski definition) is 3. The fourth-order valence-corrected chi connectivity index (χ4v) is 2.31. The number of nitrogens with one attached hydrogen (secondary N) is 2. The molecule has 0 saturated carbocycles. The summed E-state index contributed by atoms with van der Waals surface area (Å²) in [4.78, 5) is 43.4. The van der Waals surface area contributed by atoms with Gasteiger partial charge in [-0.05, 0) is 6.92 Å². The van der Waals surface area contributed by atoms with Crippen LogP contribution in [0.2, 0.25) is 0 Å². The van der Waals surface area contributed by atoms with Crippen LogP contribution in [-0.2, 0) is 19.2 Å². The highest BCUT2D eigenvalue weighted by Gasteiger charge is 2.26. The molecular weight excluding hydrogens is 258 g/mol. The van der Waals surface area contributed by atoms with Crippen molar-refractivity contribution in [3.63, 3.8) is 0 Å². The standard InChI is InChI=1S/C10H17N3O4S/c1-6(15)10(13-5-14)8(3-12-7(2)16)18-4-9(11)17/h5,8,10H,3-4H2,1-2H3,(H2,11,17)(H,12,16)(H,13,14). The van der Waals surface area contributed by atoms with Crippen molar-refractivity contribution in [2.75, 3.05) is 12.3 Å². The topological polar surface area (TPSA) is 118 Å². The van der Waals surface area contributed by atoms with Crippen LogP contribution in [0.25, 0.3) is 0 Å². The number of ketones is 1. The van der Waals surface area contributed by atoms with Gasteiger partial charge in [0.2, 0.25) is 18.2 Å². The Morgan fingerprint density at radius 2 is 1.94 bits per heavy atom. The molecule has 18 heavy (non-hydrogen) atoms. The molecule has 8 heteroatoms. The Hall–Kier alpha value is -1.57. The van der Waals surface area contributed by atoms with Gasteiger partial charge in [-0.3, -0.25) is 19.2 Å². The maximum absolute atomic E-state index is 11.4. The molecule has 0 heterocycles. The number of thioether (sulfide) groups is 1. The van der Waals surface area contributed by atoms with E-state index in [9.17, 15) is 19.2 Å². The number of hydrogen-bond acceptors (Lipinski definition) is 5. The van der Waals surface area contributed by atoms with Crippen LogP contribution in [0.15, 0.2) is 0 Å². The molecule has 102 valence electrons. The third kappa shape index (κ3) is 6.89. The van der Waals surface area contributed by atoms with Crippen LogP contribution < -0.4 is 16.4 Å². The Labute approximate surface area is 109 Å². The molecule has 0 aliphatic rings.